The fraction of sp³-hybridized carbons (Fsp3) is 0.348. The molecule has 0 bridgehead atoms. The molecule has 10 heteroatoms. The second-order valence-corrected chi connectivity index (χ2v) is 8.16. The minimum atomic E-state index is -0.777. The van der Waals surface area contributed by atoms with E-state index in [1.165, 1.54) is 0 Å². The normalized spacial score (nSPS) is 16.2. The van der Waals surface area contributed by atoms with Crippen LogP contribution in [-0.4, -0.2) is 45.5 Å². The largest absolute Gasteiger partial charge is 0.454 e. The summed E-state index contributed by atoms with van der Waals surface area (Å²) in [6.45, 7) is 4.99. The van der Waals surface area contributed by atoms with Gasteiger partial charge in [0.15, 0.2) is 17.3 Å². The number of hydrogen-bond acceptors (Lipinski definition) is 6. The van der Waals surface area contributed by atoms with Gasteiger partial charge in [-0.1, -0.05) is 6.07 Å². The Kier molecular flexibility index (Phi) is 5.67. The van der Waals surface area contributed by atoms with Gasteiger partial charge in [0, 0.05) is 32.6 Å². The zero-order chi connectivity index (χ0) is 22.9. The molecule has 5 rings (SSSR count). The Morgan fingerprint density at radius 1 is 1.09 bits per heavy atom. The number of nitrogens with one attached hydrogen (secondary N) is 1. The number of carbonyl (C=O) groups is 1. The molecule has 0 radical (unpaired) electrons. The van der Waals surface area contributed by atoms with Crippen molar-refractivity contribution >= 4 is 5.91 Å². The summed E-state index contributed by atoms with van der Waals surface area (Å²) in [5, 5.41) is 11.3. The molecular formula is C23H23F2N5O3. The topological polar surface area (TPSA) is 81.5 Å². The molecule has 0 spiro atoms. The van der Waals surface area contributed by atoms with Crippen molar-refractivity contribution in [2.75, 3.05) is 19.9 Å². The summed E-state index contributed by atoms with van der Waals surface area (Å²) in [6, 6.07) is 8.23. The van der Waals surface area contributed by atoms with Crippen LogP contribution in [-0.2, 0) is 19.5 Å². The highest BCUT2D eigenvalue weighted by atomic mass is 19.1. The van der Waals surface area contributed by atoms with Gasteiger partial charge in [-0.3, -0.25) is 9.69 Å². The van der Waals surface area contributed by atoms with E-state index in [1.807, 2.05) is 22.8 Å². The molecule has 0 saturated carbocycles. The van der Waals surface area contributed by atoms with Gasteiger partial charge in [-0.05, 0) is 42.8 Å². The Morgan fingerprint density at radius 2 is 1.94 bits per heavy atom. The molecule has 1 aromatic heterocycles. The fourth-order valence-electron chi connectivity index (χ4n) is 4.18. The van der Waals surface area contributed by atoms with Crippen molar-refractivity contribution in [1.29, 1.82) is 0 Å². The van der Waals surface area contributed by atoms with Crippen LogP contribution in [0.25, 0.3) is 0 Å². The van der Waals surface area contributed by atoms with Gasteiger partial charge >= 0.3 is 0 Å². The molecule has 2 aliphatic rings. The highest BCUT2D eigenvalue weighted by molar-refractivity contribution is 5.94. The van der Waals surface area contributed by atoms with Crippen LogP contribution < -0.4 is 14.8 Å². The zero-order valence-electron chi connectivity index (χ0n) is 18.1. The predicted octanol–water partition coefficient (Wildman–Crippen LogP) is 2.83. The highest BCUT2D eigenvalue weighted by Crippen LogP contribution is 2.33. The molecule has 8 nitrogen and oxygen atoms in total. The Hall–Kier alpha value is -3.53. The third-order valence-corrected chi connectivity index (χ3v) is 5.90. The van der Waals surface area contributed by atoms with Crippen molar-refractivity contribution in [3.63, 3.8) is 0 Å². The summed E-state index contributed by atoms with van der Waals surface area (Å²) in [5.41, 5.74) is 0.794. The first-order valence-corrected chi connectivity index (χ1v) is 10.8. The predicted molar refractivity (Wildman–Crippen MR) is 114 cm³/mol. The Labute approximate surface area is 189 Å². The molecule has 2 aromatic carbocycles. The molecule has 2 aliphatic heterocycles. The van der Waals surface area contributed by atoms with E-state index in [0.717, 1.165) is 60.7 Å². The molecule has 1 atom stereocenters. The van der Waals surface area contributed by atoms with Crippen LogP contribution in [0.4, 0.5) is 8.78 Å². The minimum Gasteiger partial charge on any atom is -0.454 e. The average Bonchev–Trinajstić information content (AvgIpc) is 3.38. The first-order chi connectivity index (χ1) is 16.0. The van der Waals surface area contributed by atoms with Crippen LogP contribution in [0.2, 0.25) is 0 Å². The van der Waals surface area contributed by atoms with Gasteiger partial charge in [0.2, 0.25) is 6.79 Å². The number of benzene rings is 2. The van der Waals surface area contributed by atoms with Gasteiger partial charge in [-0.15, -0.1) is 10.2 Å². The number of amides is 1. The molecule has 1 amide bonds. The lowest BCUT2D eigenvalue weighted by Crippen LogP contribution is -2.30. The number of carbonyl (C=O) groups excluding carboxylic acids is 1. The minimum absolute atomic E-state index is 0.250. The van der Waals surface area contributed by atoms with Gasteiger partial charge in [-0.25, -0.2) is 8.78 Å². The van der Waals surface area contributed by atoms with E-state index >= 15 is 0 Å². The monoisotopic (exact) mass is 455 g/mol. The lowest BCUT2D eigenvalue weighted by molar-refractivity contribution is 0.0932. The first kappa shape index (κ1) is 21.3. The Morgan fingerprint density at radius 3 is 2.82 bits per heavy atom. The summed E-state index contributed by atoms with van der Waals surface area (Å²) < 4.78 is 40.2. The molecule has 0 saturated heterocycles. The van der Waals surface area contributed by atoms with Crippen molar-refractivity contribution in [3.8, 4) is 11.5 Å². The number of ether oxygens (including phenoxy) is 2. The molecule has 3 aromatic rings. The third kappa shape index (κ3) is 4.38. The smallest absolute Gasteiger partial charge is 0.254 e. The van der Waals surface area contributed by atoms with Crippen LogP contribution in [0.1, 0.15) is 40.5 Å². The van der Waals surface area contributed by atoms with E-state index in [-0.39, 0.29) is 12.4 Å². The van der Waals surface area contributed by atoms with E-state index in [1.54, 1.807) is 6.92 Å². The van der Waals surface area contributed by atoms with Gasteiger partial charge in [0.25, 0.3) is 5.91 Å². The molecular weight excluding hydrogens is 432 g/mol. The SMILES string of the molecule is C[C@@H](NC(=O)c1cc(F)ccc1F)c1nnc2n1CCN(Cc1ccc3c(c1)OCO3)CC2. The molecule has 0 unspecified atom stereocenters. The summed E-state index contributed by atoms with van der Waals surface area (Å²) >= 11 is 0. The van der Waals surface area contributed by atoms with Gasteiger partial charge in [0.1, 0.15) is 17.5 Å². The maximum Gasteiger partial charge on any atom is 0.254 e. The van der Waals surface area contributed by atoms with E-state index in [2.05, 4.69) is 20.4 Å². The lowest BCUT2D eigenvalue weighted by Gasteiger charge is -2.20. The van der Waals surface area contributed by atoms with E-state index in [0.29, 0.717) is 18.8 Å². The quantitative estimate of drug-likeness (QED) is 0.637. The fourth-order valence-corrected chi connectivity index (χ4v) is 4.18. The second kappa shape index (κ2) is 8.78. The Bertz CT molecular complexity index is 1200. The second-order valence-electron chi connectivity index (χ2n) is 8.16. The number of aromatic nitrogens is 3. The molecule has 0 fully saturated rings. The lowest BCUT2D eigenvalue weighted by atomic mass is 10.1. The van der Waals surface area contributed by atoms with Crippen LogP contribution >= 0.6 is 0 Å². The van der Waals surface area contributed by atoms with E-state index in [9.17, 15) is 13.6 Å². The van der Waals surface area contributed by atoms with Crippen LogP contribution in [0.3, 0.4) is 0 Å². The van der Waals surface area contributed by atoms with E-state index < -0.39 is 23.6 Å². The summed E-state index contributed by atoms with van der Waals surface area (Å²) in [6.07, 6.45) is 0.705. The number of rotatable bonds is 5. The van der Waals surface area contributed by atoms with Crippen LogP contribution in [0.5, 0.6) is 11.5 Å². The third-order valence-electron chi connectivity index (χ3n) is 5.90. The highest BCUT2D eigenvalue weighted by Gasteiger charge is 2.24. The molecule has 0 aliphatic carbocycles. The zero-order valence-corrected chi connectivity index (χ0v) is 18.1. The molecule has 33 heavy (non-hydrogen) atoms. The first-order valence-electron chi connectivity index (χ1n) is 10.8. The van der Waals surface area contributed by atoms with Gasteiger partial charge in [0.05, 0.1) is 11.6 Å². The maximum absolute atomic E-state index is 14.0. The molecule has 172 valence electrons. The van der Waals surface area contributed by atoms with Crippen molar-refractivity contribution in [2.45, 2.75) is 32.5 Å². The molecule has 3 heterocycles. The van der Waals surface area contributed by atoms with Crippen molar-refractivity contribution in [3.05, 3.63) is 70.8 Å². The van der Waals surface area contributed by atoms with Crippen LogP contribution in [0.15, 0.2) is 36.4 Å². The summed E-state index contributed by atoms with van der Waals surface area (Å²) in [4.78, 5) is 14.8. The maximum atomic E-state index is 14.0. The van der Waals surface area contributed by atoms with Crippen molar-refractivity contribution in [2.24, 2.45) is 0 Å². The number of fused-ring (bicyclic) bond motifs is 2. The summed E-state index contributed by atoms with van der Waals surface area (Å²) in [7, 11) is 0. The Balaban J connectivity index is 1.25. The summed E-state index contributed by atoms with van der Waals surface area (Å²) in [5.74, 6) is 0.792. The van der Waals surface area contributed by atoms with Gasteiger partial charge in [-0.2, -0.15) is 0 Å². The number of halogens is 2. The number of nitrogens with zero attached hydrogens (tertiary/aromatic N) is 4. The standard InChI is InChI=1S/C23H23F2N5O3/c1-14(26-23(31)17-11-16(24)3-4-18(17)25)22-28-27-21-6-7-29(8-9-30(21)22)12-15-2-5-19-20(10-15)33-13-32-19/h2-5,10-11,14H,6-9,12-13H2,1H3,(H,26,31)/t14-/m1/s1. The van der Waals surface area contributed by atoms with Crippen LogP contribution in [0, 0.1) is 11.6 Å². The average molecular weight is 455 g/mol. The molecule has 1 N–H and O–H groups in total. The number of hydrogen-bond donors (Lipinski definition) is 1. The van der Waals surface area contributed by atoms with E-state index in [4.69, 9.17) is 9.47 Å². The van der Waals surface area contributed by atoms with Crippen molar-refractivity contribution in [1.82, 2.24) is 25.0 Å². The van der Waals surface area contributed by atoms with Gasteiger partial charge < -0.3 is 19.4 Å². The van der Waals surface area contributed by atoms with Crippen molar-refractivity contribution < 1.29 is 23.0 Å².